The lowest BCUT2D eigenvalue weighted by molar-refractivity contribution is -0.137. The molecule has 0 aromatic carbocycles. The number of rotatable bonds is 4. The number of aliphatic carboxylic acids is 1. The van der Waals surface area contributed by atoms with Crippen molar-refractivity contribution in [1.82, 2.24) is 4.98 Å². The highest BCUT2D eigenvalue weighted by molar-refractivity contribution is 7.13. The molecule has 1 heterocycles. The van der Waals surface area contributed by atoms with Gasteiger partial charge in [0.05, 0.1) is 12.1 Å². The van der Waals surface area contributed by atoms with Crippen LogP contribution in [0.3, 0.4) is 0 Å². The Kier molecular flexibility index (Phi) is 3.91. The van der Waals surface area contributed by atoms with E-state index in [1.807, 2.05) is 33.1 Å². The summed E-state index contributed by atoms with van der Waals surface area (Å²) in [5.41, 5.74) is 0.841. The molecule has 5 heteroatoms. The minimum absolute atomic E-state index is 0.0993. The molecule has 0 fully saturated rings. The SMILES string of the molecule is Cc1csc(NC(CC(=O)O)C(C)(C)C)n1. The molecule has 0 aliphatic carbocycles. The van der Waals surface area contributed by atoms with Crippen molar-refractivity contribution in [3.63, 3.8) is 0 Å². The Morgan fingerprint density at radius 3 is 2.62 bits per heavy atom. The number of nitrogens with zero attached hydrogens (tertiary/aromatic N) is 1. The van der Waals surface area contributed by atoms with Crippen LogP contribution < -0.4 is 5.32 Å². The summed E-state index contributed by atoms with van der Waals surface area (Å²) >= 11 is 1.51. The summed E-state index contributed by atoms with van der Waals surface area (Å²) in [5, 5.41) is 14.8. The number of aryl methyl sites for hydroxylation is 1. The Morgan fingerprint density at radius 1 is 1.62 bits per heavy atom. The minimum atomic E-state index is -0.791. The maximum Gasteiger partial charge on any atom is 0.305 e. The first-order valence-electron chi connectivity index (χ1n) is 5.19. The fraction of sp³-hybridized carbons (Fsp3) is 0.636. The molecule has 1 aromatic rings. The fourth-order valence-corrected chi connectivity index (χ4v) is 2.06. The fourth-order valence-electron chi connectivity index (χ4n) is 1.32. The van der Waals surface area contributed by atoms with Gasteiger partial charge in [0, 0.05) is 11.4 Å². The van der Waals surface area contributed by atoms with E-state index in [0.717, 1.165) is 10.8 Å². The van der Waals surface area contributed by atoms with E-state index in [0.29, 0.717) is 0 Å². The lowest BCUT2D eigenvalue weighted by Gasteiger charge is -2.30. The van der Waals surface area contributed by atoms with Gasteiger partial charge in [-0.2, -0.15) is 0 Å². The molecule has 2 N–H and O–H groups in total. The number of hydrogen-bond donors (Lipinski definition) is 2. The largest absolute Gasteiger partial charge is 0.481 e. The molecule has 4 nitrogen and oxygen atoms in total. The number of anilines is 1. The third-order valence-electron chi connectivity index (χ3n) is 2.34. The van der Waals surface area contributed by atoms with E-state index in [1.54, 1.807) is 0 Å². The van der Waals surface area contributed by atoms with Gasteiger partial charge in [0.1, 0.15) is 0 Å². The topological polar surface area (TPSA) is 62.2 Å². The molecule has 1 unspecified atom stereocenters. The van der Waals surface area contributed by atoms with Gasteiger partial charge in [0.15, 0.2) is 5.13 Å². The van der Waals surface area contributed by atoms with Crippen molar-refractivity contribution in [3.05, 3.63) is 11.1 Å². The highest BCUT2D eigenvalue weighted by atomic mass is 32.1. The second-order valence-corrected chi connectivity index (χ2v) is 5.81. The van der Waals surface area contributed by atoms with Crippen LogP contribution in [0.2, 0.25) is 0 Å². The van der Waals surface area contributed by atoms with E-state index < -0.39 is 5.97 Å². The Hall–Kier alpha value is -1.10. The van der Waals surface area contributed by atoms with Gasteiger partial charge in [-0.1, -0.05) is 20.8 Å². The number of hydrogen-bond acceptors (Lipinski definition) is 4. The summed E-state index contributed by atoms with van der Waals surface area (Å²) in [7, 11) is 0. The Morgan fingerprint density at radius 2 is 2.25 bits per heavy atom. The quantitative estimate of drug-likeness (QED) is 0.852. The van der Waals surface area contributed by atoms with E-state index in [2.05, 4.69) is 10.3 Å². The minimum Gasteiger partial charge on any atom is -0.481 e. The molecule has 0 bridgehead atoms. The number of carboxylic acids is 1. The Balaban J connectivity index is 2.74. The number of nitrogens with one attached hydrogen (secondary N) is 1. The van der Waals surface area contributed by atoms with Crippen molar-refractivity contribution in [3.8, 4) is 0 Å². The summed E-state index contributed by atoms with van der Waals surface area (Å²) in [4.78, 5) is 15.1. The predicted molar refractivity (Wildman–Crippen MR) is 66.0 cm³/mol. The highest BCUT2D eigenvalue weighted by Crippen LogP contribution is 2.27. The average Bonchev–Trinajstić information content (AvgIpc) is 2.47. The molecule has 0 radical (unpaired) electrons. The molecule has 90 valence electrons. The normalized spacial score (nSPS) is 13.5. The third-order valence-corrected chi connectivity index (χ3v) is 3.23. The van der Waals surface area contributed by atoms with Crippen molar-refractivity contribution < 1.29 is 9.90 Å². The van der Waals surface area contributed by atoms with Crippen LogP contribution in [0.15, 0.2) is 5.38 Å². The maximum absolute atomic E-state index is 10.8. The van der Waals surface area contributed by atoms with Crippen LogP contribution in [-0.4, -0.2) is 22.1 Å². The Bertz CT molecular complexity index is 368. The third kappa shape index (κ3) is 3.81. The van der Waals surface area contributed by atoms with Crippen molar-refractivity contribution in [1.29, 1.82) is 0 Å². The van der Waals surface area contributed by atoms with Crippen molar-refractivity contribution in [2.75, 3.05) is 5.32 Å². The molecule has 0 saturated carbocycles. The molecule has 1 atom stereocenters. The van der Waals surface area contributed by atoms with Gasteiger partial charge in [0.2, 0.25) is 0 Å². The maximum atomic E-state index is 10.8. The smallest absolute Gasteiger partial charge is 0.305 e. The predicted octanol–water partition coefficient (Wildman–Crippen LogP) is 2.75. The summed E-state index contributed by atoms with van der Waals surface area (Å²) in [5.74, 6) is -0.791. The zero-order valence-corrected chi connectivity index (χ0v) is 10.9. The van der Waals surface area contributed by atoms with Gasteiger partial charge in [-0.05, 0) is 12.3 Å². The lowest BCUT2D eigenvalue weighted by atomic mass is 9.85. The van der Waals surface area contributed by atoms with Crippen molar-refractivity contribution in [2.45, 2.75) is 40.2 Å². The van der Waals surface area contributed by atoms with E-state index in [-0.39, 0.29) is 17.9 Å². The molecule has 1 aromatic heterocycles. The van der Waals surface area contributed by atoms with Crippen LogP contribution in [0.4, 0.5) is 5.13 Å². The first-order valence-corrected chi connectivity index (χ1v) is 6.07. The number of aromatic nitrogens is 1. The van der Waals surface area contributed by atoms with Gasteiger partial charge in [-0.3, -0.25) is 4.79 Å². The first-order chi connectivity index (χ1) is 7.29. The van der Waals surface area contributed by atoms with E-state index >= 15 is 0 Å². The van der Waals surface area contributed by atoms with E-state index in [4.69, 9.17) is 5.11 Å². The zero-order valence-electron chi connectivity index (χ0n) is 10.1. The Labute approximate surface area is 99.7 Å². The number of thiazole rings is 1. The summed E-state index contributed by atoms with van der Waals surface area (Å²) < 4.78 is 0. The van der Waals surface area contributed by atoms with Gasteiger partial charge in [-0.25, -0.2) is 4.98 Å². The molecular formula is C11H18N2O2S. The van der Waals surface area contributed by atoms with Crippen LogP contribution in [0.5, 0.6) is 0 Å². The van der Waals surface area contributed by atoms with Crippen LogP contribution >= 0.6 is 11.3 Å². The van der Waals surface area contributed by atoms with Gasteiger partial charge >= 0.3 is 5.97 Å². The molecular weight excluding hydrogens is 224 g/mol. The molecule has 0 saturated heterocycles. The molecule has 0 spiro atoms. The molecule has 0 aliphatic rings. The van der Waals surface area contributed by atoms with E-state index in [1.165, 1.54) is 11.3 Å². The summed E-state index contributed by atoms with van der Waals surface area (Å²) in [6.45, 7) is 7.99. The number of carboxylic acid groups (broad SMARTS) is 1. The molecule has 0 aliphatic heterocycles. The zero-order chi connectivity index (χ0) is 12.3. The van der Waals surface area contributed by atoms with Gasteiger partial charge < -0.3 is 10.4 Å². The number of carbonyl (C=O) groups is 1. The first kappa shape index (κ1) is 13.0. The molecule has 16 heavy (non-hydrogen) atoms. The second-order valence-electron chi connectivity index (χ2n) is 4.95. The second kappa shape index (κ2) is 4.82. The van der Waals surface area contributed by atoms with Crippen molar-refractivity contribution >= 4 is 22.4 Å². The molecule has 0 amide bonds. The van der Waals surface area contributed by atoms with Crippen LogP contribution in [-0.2, 0) is 4.79 Å². The van der Waals surface area contributed by atoms with E-state index in [9.17, 15) is 4.79 Å². The monoisotopic (exact) mass is 242 g/mol. The summed E-state index contributed by atoms with van der Waals surface area (Å²) in [6.07, 6.45) is 0.0993. The van der Waals surface area contributed by atoms with Gasteiger partial charge in [-0.15, -0.1) is 11.3 Å². The van der Waals surface area contributed by atoms with Crippen LogP contribution in [0, 0.1) is 12.3 Å². The lowest BCUT2D eigenvalue weighted by Crippen LogP contribution is -2.36. The van der Waals surface area contributed by atoms with Crippen LogP contribution in [0.1, 0.15) is 32.9 Å². The highest BCUT2D eigenvalue weighted by Gasteiger charge is 2.27. The van der Waals surface area contributed by atoms with Crippen molar-refractivity contribution in [2.24, 2.45) is 5.41 Å². The van der Waals surface area contributed by atoms with Crippen LogP contribution in [0.25, 0.3) is 0 Å². The van der Waals surface area contributed by atoms with Gasteiger partial charge in [0.25, 0.3) is 0 Å². The summed E-state index contributed by atoms with van der Waals surface area (Å²) in [6, 6.07) is -0.115. The average molecular weight is 242 g/mol. The standard InChI is InChI=1S/C11H18N2O2S/c1-7-6-16-10(12-7)13-8(5-9(14)15)11(2,3)4/h6,8H,5H2,1-4H3,(H,12,13)(H,14,15). The molecule has 1 rings (SSSR count).